The third-order valence-corrected chi connectivity index (χ3v) is 6.64. The van der Waals surface area contributed by atoms with Gasteiger partial charge in [-0.05, 0) is 18.2 Å². The predicted octanol–water partition coefficient (Wildman–Crippen LogP) is 3.52. The number of nitrogens with zero attached hydrogens (tertiary/aromatic N) is 2. The van der Waals surface area contributed by atoms with Crippen LogP contribution in [0.5, 0.6) is 5.75 Å². The summed E-state index contributed by atoms with van der Waals surface area (Å²) in [7, 11) is 0. The van der Waals surface area contributed by atoms with Crippen molar-refractivity contribution in [1.29, 1.82) is 0 Å². The number of Topliss-reactive ketones (excluding diaryl/α,β-unsaturated/α-hetero) is 1. The molecule has 142 valence electrons. The zero-order valence-corrected chi connectivity index (χ0v) is 16.0. The van der Waals surface area contributed by atoms with Gasteiger partial charge in [-0.15, -0.1) is 11.3 Å². The van der Waals surface area contributed by atoms with Crippen LogP contribution in [0.1, 0.15) is 40.1 Å². The molecule has 0 unspecified atom stereocenters. The molecule has 1 fully saturated rings. The fourth-order valence-electron chi connectivity index (χ4n) is 4.17. The number of nitrogen functional groups attached to an aromatic ring is 1. The molecule has 1 amide bonds. The molecule has 1 aromatic carbocycles. The van der Waals surface area contributed by atoms with Crippen molar-refractivity contribution in [3.8, 4) is 5.75 Å². The van der Waals surface area contributed by atoms with Crippen LogP contribution >= 0.6 is 11.3 Å². The number of benzene rings is 1. The first kappa shape index (κ1) is 17.2. The van der Waals surface area contributed by atoms with Crippen molar-refractivity contribution < 1.29 is 14.3 Å². The normalized spacial score (nSPS) is 18.1. The van der Waals surface area contributed by atoms with Gasteiger partial charge in [0.2, 0.25) is 0 Å². The summed E-state index contributed by atoms with van der Waals surface area (Å²) in [6, 6.07) is 11.3. The Morgan fingerprint density at radius 3 is 2.79 bits per heavy atom. The minimum absolute atomic E-state index is 0.00898. The predicted molar refractivity (Wildman–Crippen MR) is 108 cm³/mol. The topological polar surface area (TPSA) is 85.5 Å². The molecule has 1 spiro atoms. The van der Waals surface area contributed by atoms with Gasteiger partial charge in [-0.1, -0.05) is 18.2 Å². The van der Waals surface area contributed by atoms with Crippen LogP contribution in [0.2, 0.25) is 0 Å². The Hall–Kier alpha value is -2.93. The molecule has 0 aliphatic carbocycles. The van der Waals surface area contributed by atoms with Crippen LogP contribution in [0.3, 0.4) is 0 Å². The maximum Gasteiger partial charge on any atom is 0.257 e. The molecule has 5 rings (SSSR count). The molecular formula is C21H19N3O3S. The van der Waals surface area contributed by atoms with Gasteiger partial charge in [-0.2, -0.15) is 0 Å². The van der Waals surface area contributed by atoms with Crippen molar-refractivity contribution in [2.45, 2.75) is 24.9 Å². The van der Waals surface area contributed by atoms with Crippen molar-refractivity contribution in [3.05, 3.63) is 53.9 Å². The summed E-state index contributed by atoms with van der Waals surface area (Å²) in [5.74, 6) is 0.510. The Morgan fingerprint density at radius 2 is 1.96 bits per heavy atom. The van der Waals surface area contributed by atoms with E-state index in [9.17, 15) is 9.59 Å². The summed E-state index contributed by atoms with van der Waals surface area (Å²) >= 11 is 1.44. The molecule has 4 heterocycles. The number of anilines is 1. The summed E-state index contributed by atoms with van der Waals surface area (Å²) in [5, 5.41) is 1.45. The summed E-state index contributed by atoms with van der Waals surface area (Å²) in [4.78, 5) is 31.6. The quantitative estimate of drug-likeness (QED) is 0.684. The van der Waals surface area contributed by atoms with Crippen molar-refractivity contribution in [2.75, 3.05) is 18.8 Å². The molecule has 28 heavy (non-hydrogen) atoms. The van der Waals surface area contributed by atoms with Gasteiger partial charge in [0.25, 0.3) is 5.91 Å². The summed E-state index contributed by atoms with van der Waals surface area (Å²) < 4.78 is 7.22. The number of likely N-dealkylation sites (tertiary alicyclic amines) is 1. The van der Waals surface area contributed by atoms with Crippen LogP contribution in [-0.4, -0.2) is 40.3 Å². The lowest BCUT2D eigenvalue weighted by atomic mass is 9.83. The lowest BCUT2D eigenvalue weighted by molar-refractivity contribution is -0.00628. The minimum atomic E-state index is -0.549. The van der Waals surface area contributed by atoms with Gasteiger partial charge in [-0.25, -0.2) is 4.98 Å². The highest BCUT2D eigenvalue weighted by Crippen LogP contribution is 2.40. The number of aromatic nitrogens is 1. The second-order valence-electron chi connectivity index (χ2n) is 7.36. The van der Waals surface area contributed by atoms with E-state index in [0.717, 1.165) is 10.1 Å². The second-order valence-corrected chi connectivity index (χ2v) is 8.45. The molecule has 3 aromatic rings. The average Bonchev–Trinajstić information content (AvgIpc) is 3.04. The van der Waals surface area contributed by atoms with E-state index in [-0.39, 0.29) is 11.7 Å². The second kappa shape index (κ2) is 6.31. The first-order chi connectivity index (χ1) is 13.6. The highest BCUT2D eigenvalue weighted by Gasteiger charge is 2.44. The SMILES string of the molecule is Nc1sc2ccccc2c1C(=O)N1CCC2(CC1)CC(=O)c1ncccc1O2. The zero-order valence-electron chi connectivity index (χ0n) is 15.2. The third kappa shape index (κ3) is 2.65. The Balaban J connectivity index is 1.37. The molecule has 7 heteroatoms. The Kier molecular flexibility index (Phi) is 3.87. The molecule has 0 bridgehead atoms. The smallest absolute Gasteiger partial charge is 0.257 e. The Morgan fingerprint density at radius 1 is 1.18 bits per heavy atom. The van der Waals surface area contributed by atoms with Crippen LogP contribution in [0.4, 0.5) is 5.00 Å². The third-order valence-electron chi connectivity index (χ3n) is 5.64. The van der Waals surface area contributed by atoms with E-state index in [1.54, 1.807) is 18.3 Å². The fraction of sp³-hybridized carbons (Fsp3) is 0.286. The number of nitrogens with two attached hydrogens (primary N) is 1. The number of thiophene rings is 1. The molecule has 1 saturated heterocycles. The molecule has 0 saturated carbocycles. The number of rotatable bonds is 1. The van der Waals surface area contributed by atoms with Gasteiger partial charge in [0, 0.05) is 42.2 Å². The van der Waals surface area contributed by atoms with Gasteiger partial charge in [0.05, 0.1) is 17.0 Å². The van der Waals surface area contributed by atoms with E-state index in [1.807, 2.05) is 29.2 Å². The molecular weight excluding hydrogens is 374 g/mol. The largest absolute Gasteiger partial charge is 0.484 e. The average molecular weight is 393 g/mol. The van der Waals surface area contributed by atoms with E-state index >= 15 is 0 Å². The molecule has 0 radical (unpaired) electrons. The lowest BCUT2D eigenvalue weighted by Gasteiger charge is -2.43. The maximum absolute atomic E-state index is 13.2. The Labute approximate surface area is 165 Å². The standard InChI is InChI=1S/C21H19N3O3S/c22-19-17(13-4-1-2-6-16(13)28-19)20(26)24-10-7-21(8-11-24)12-14(25)18-15(27-21)5-3-9-23-18/h1-6,9H,7-8,10-12,22H2. The maximum atomic E-state index is 13.2. The first-order valence-corrected chi connectivity index (χ1v) is 10.1. The zero-order chi connectivity index (χ0) is 19.3. The molecule has 2 N–H and O–H groups in total. The number of fused-ring (bicyclic) bond motifs is 2. The van der Waals surface area contributed by atoms with E-state index in [4.69, 9.17) is 10.5 Å². The number of pyridine rings is 1. The number of amides is 1. The lowest BCUT2D eigenvalue weighted by Crippen LogP contribution is -2.52. The summed E-state index contributed by atoms with van der Waals surface area (Å²) in [6.45, 7) is 1.07. The highest BCUT2D eigenvalue weighted by molar-refractivity contribution is 7.23. The molecule has 2 aromatic heterocycles. The summed E-state index contributed by atoms with van der Waals surface area (Å²) in [6.07, 6.45) is 3.14. The number of hydrogen-bond donors (Lipinski definition) is 1. The molecule has 2 aliphatic heterocycles. The Bertz CT molecular complexity index is 1100. The molecule has 0 atom stereocenters. The van der Waals surface area contributed by atoms with Crippen molar-refractivity contribution in [3.63, 3.8) is 0 Å². The van der Waals surface area contributed by atoms with E-state index in [2.05, 4.69) is 4.98 Å². The van der Waals surface area contributed by atoms with Gasteiger partial charge >= 0.3 is 0 Å². The van der Waals surface area contributed by atoms with Gasteiger partial charge < -0.3 is 15.4 Å². The van der Waals surface area contributed by atoms with Crippen molar-refractivity contribution >= 4 is 38.1 Å². The van der Waals surface area contributed by atoms with Crippen molar-refractivity contribution in [2.24, 2.45) is 0 Å². The molecule has 2 aliphatic rings. The first-order valence-electron chi connectivity index (χ1n) is 9.30. The van der Waals surface area contributed by atoms with E-state index < -0.39 is 5.60 Å². The number of hydrogen-bond acceptors (Lipinski definition) is 6. The van der Waals surface area contributed by atoms with Gasteiger partial charge in [0.15, 0.2) is 5.78 Å². The monoisotopic (exact) mass is 393 g/mol. The van der Waals surface area contributed by atoms with Gasteiger partial charge in [-0.3, -0.25) is 9.59 Å². The van der Waals surface area contributed by atoms with E-state index in [1.165, 1.54) is 11.3 Å². The van der Waals surface area contributed by atoms with E-state index in [0.29, 0.717) is 54.4 Å². The van der Waals surface area contributed by atoms with Crippen LogP contribution in [-0.2, 0) is 0 Å². The number of carbonyl (C=O) groups is 2. The minimum Gasteiger partial charge on any atom is -0.484 e. The molecule has 6 nitrogen and oxygen atoms in total. The number of carbonyl (C=O) groups excluding carboxylic acids is 2. The van der Waals surface area contributed by atoms with Crippen LogP contribution < -0.4 is 10.5 Å². The van der Waals surface area contributed by atoms with Gasteiger partial charge in [0.1, 0.15) is 17.0 Å². The van der Waals surface area contributed by atoms with Crippen molar-refractivity contribution in [1.82, 2.24) is 9.88 Å². The fourth-order valence-corrected chi connectivity index (χ4v) is 5.13. The van der Waals surface area contributed by atoms with Crippen LogP contribution in [0, 0.1) is 0 Å². The van der Waals surface area contributed by atoms with Crippen LogP contribution in [0.15, 0.2) is 42.6 Å². The summed E-state index contributed by atoms with van der Waals surface area (Å²) in [5.41, 5.74) is 6.61. The number of ether oxygens (including phenoxy) is 1. The number of piperidine rings is 1. The highest BCUT2D eigenvalue weighted by atomic mass is 32.1. The van der Waals surface area contributed by atoms with Crippen LogP contribution in [0.25, 0.3) is 10.1 Å². The number of ketones is 1.